The van der Waals surface area contributed by atoms with Gasteiger partial charge in [0.15, 0.2) is 0 Å². The summed E-state index contributed by atoms with van der Waals surface area (Å²) in [6, 6.07) is 5.21. The van der Waals surface area contributed by atoms with E-state index in [9.17, 15) is 0 Å². The first-order valence-electron chi connectivity index (χ1n) is 8.85. The van der Waals surface area contributed by atoms with Gasteiger partial charge in [0, 0.05) is 25.9 Å². The van der Waals surface area contributed by atoms with Crippen molar-refractivity contribution in [1.29, 1.82) is 0 Å². The highest BCUT2D eigenvalue weighted by molar-refractivity contribution is 7.39. The number of unbranched alkanes of at least 4 members (excludes halogenated alkanes) is 6. The van der Waals surface area contributed by atoms with Crippen LogP contribution in [-0.4, -0.2) is 25.9 Å². The largest absolute Gasteiger partial charge is 0.0654 e. The maximum Gasteiger partial charge on any atom is 0.0128 e. The molecule has 0 aromatic heterocycles. The molecule has 0 amide bonds. The lowest BCUT2D eigenvalue weighted by Crippen LogP contribution is -2.30. The Bertz CT molecular complexity index is 139. The van der Waals surface area contributed by atoms with Crippen LogP contribution in [0.5, 0.6) is 0 Å². The van der Waals surface area contributed by atoms with Crippen molar-refractivity contribution in [2.24, 2.45) is 0 Å². The molecule has 3 heteroatoms. The van der Waals surface area contributed by atoms with Crippen molar-refractivity contribution in [3.05, 3.63) is 0 Å². The van der Waals surface area contributed by atoms with Crippen molar-refractivity contribution in [2.45, 2.75) is 96.7 Å². The number of hydrogen-bond donors (Lipinski definition) is 0. The van der Waals surface area contributed by atoms with E-state index < -0.39 is 0 Å². The molecule has 0 heterocycles. The second-order valence-electron chi connectivity index (χ2n) is 6.06. The van der Waals surface area contributed by atoms with E-state index in [1.54, 1.807) is 37.4 Å². The predicted molar refractivity (Wildman–Crippen MR) is 97.2 cm³/mol. The standard InChI is InChI=1S/C15H38Si3/c1-4-7-10-13-16-18(15-12-9-6-3)17-14-11-8-5-2/h18H,4-17H2,1-3H3. The van der Waals surface area contributed by atoms with Gasteiger partial charge in [-0.15, -0.1) is 0 Å². The lowest BCUT2D eigenvalue weighted by Gasteiger charge is -2.14. The van der Waals surface area contributed by atoms with E-state index >= 15 is 0 Å². The van der Waals surface area contributed by atoms with E-state index in [0.29, 0.717) is 18.1 Å². The zero-order valence-electron chi connectivity index (χ0n) is 13.5. The average molecular weight is 303 g/mol. The molecule has 0 nitrogen and oxygen atoms in total. The molecule has 0 rings (SSSR count). The van der Waals surface area contributed by atoms with Gasteiger partial charge < -0.3 is 0 Å². The molecule has 0 saturated carbocycles. The van der Waals surface area contributed by atoms with Gasteiger partial charge in [0.2, 0.25) is 0 Å². The van der Waals surface area contributed by atoms with Gasteiger partial charge in [-0.05, 0) is 0 Å². The van der Waals surface area contributed by atoms with Gasteiger partial charge in [0.25, 0.3) is 0 Å². The Balaban J connectivity index is 3.62. The van der Waals surface area contributed by atoms with E-state index in [-0.39, 0.29) is 7.83 Å². The fourth-order valence-electron chi connectivity index (χ4n) is 2.84. The summed E-state index contributed by atoms with van der Waals surface area (Å²) >= 11 is 0. The molecule has 0 aliphatic rings. The first-order chi connectivity index (χ1) is 8.85. The summed E-state index contributed by atoms with van der Waals surface area (Å²) in [5.74, 6) is 0. The zero-order chi connectivity index (χ0) is 13.5. The molecule has 18 heavy (non-hydrogen) atoms. The lowest BCUT2D eigenvalue weighted by atomic mass is 10.3. The third-order valence-corrected chi connectivity index (χ3v) is 26.0. The van der Waals surface area contributed by atoms with Gasteiger partial charge in [-0.3, -0.25) is 0 Å². The third-order valence-electron chi connectivity index (χ3n) is 4.15. The summed E-state index contributed by atoms with van der Waals surface area (Å²) in [5, 5.41) is 0. The molecule has 0 aromatic carbocycles. The van der Waals surface area contributed by atoms with E-state index in [4.69, 9.17) is 0 Å². The van der Waals surface area contributed by atoms with Crippen molar-refractivity contribution >= 4 is 25.9 Å². The van der Waals surface area contributed by atoms with E-state index in [0.717, 1.165) is 0 Å². The maximum atomic E-state index is 2.36. The summed E-state index contributed by atoms with van der Waals surface area (Å²) in [5.41, 5.74) is 0. The predicted octanol–water partition coefficient (Wildman–Crippen LogP) is 3.95. The Hall–Kier alpha value is 0.651. The topological polar surface area (TPSA) is 0 Å². The molecule has 0 unspecified atom stereocenters. The molecule has 0 aliphatic carbocycles. The highest BCUT2D eigenvalue weighted by atomic mass is 29.6. The quantitative estimate of drug-likeness (QED) is 0.337. The van der Waals surface area contributed by atoms with Crippen LogP contribution in [0.2, 0.25) is 18.1 Å². The van der Waals surface area contributed by atoms with Gasteiger partial charge in [0.05, 0.1) is 0 Å². The molecule has 0 fully saturated rings. The van der Waals surface area contributed by atoms with Crippen LogP contribution in [0.1, 0.15) is 78.6 Å². The van der Waals surface area contributed by atoms with Crippen molar-refractivity contribution in [3.63, 3.8) is 0 Å². The van der Waals surface area contributed by atoms with Crippen LogP contribution in [0.3, 0.4) is 0 Å². The van der Waals surface area contributed by atoms with Crippen LogP contribution >= 0.6 is 0 Å². The van der Waals surface area contributed by atoms with Crippen LogP contribution in [0.25, 0.3) is 0 Å². The maximum absolute atomic E-state index is 2.36. The zero-order valence-corrected chi connectivity index (χ0v) is 17.5. The Kier molecular flexibility index (Phi) is 16.3. The normalized spacial score (nSPS) is 14.2. The number of rotatable bonds is 14. The molecule has 0 aliphatic heterocycles. The highest BCUT2D eigenvalue weighted by Crippen LogP contribution is 2.09. The Labute approximate surface area is 123 Å². The van der Waals surface area contributed by atoms with Crippen molar-refractivity contribution in [3.8, 4) is 0 Å². The molecule has 0 saturated heterocycles. The smallest absolute Gasteiger partial charge is 0.0128 e. The van der Waals surface area contributed by atoms with Crippen LogP contribution in [-0.2, 0) is 0 Å². The SMILES string of the molecule is CCCCC[SiH2][SiH](CCCCC)[SiH2]CCCCC. The molecular formula is C15H38Si3. The van der Waals surface area contributed by atoms with E-state index in [1.807, 2.05) is 0 Å². The second kappa shape index (κ2) is 15.7. The Morgan fingerprint density at radius 3 is 1.50 bits per heavy atom. The van der Waals surface area contributed by atoms with Crippen LogP contribution in [0.4, 0.5) is 0 Å². The summed E-state index contributed by atoms with van der Waals surface area (Å²) in [4.78, 5) is 0. The molecule has 0 radical (unpaired) electrons. The molecular weight excluding hydrogens is 264 g/mol. The second-order valence-corrected chi connectivity index (χ2v) is 24.8. The van der Waals surface area contributed by atoms with E-state index in [2.05, 4.69) is 20.8 Å². The van der Waals surface area contributed by atoms with Gasteiger partial charge in [-0.2, -0.15) is 0 Å². The van der Waals surface area contributed by atoms with Gasteiger partial charge in [-0.1, -0.05) is 96.7 Å². The minimum absolute atomic E-state index is 0.0729. The van der Waals surface area contributed by atoms with E-state index in [1.165, 1.54) is 38.5 Å². The minimum Gasteiger partial charge on any atom is -0.0654 e. The Morgan fingerprint density at radius 2 is 1.06 bits per heavy atom. The molecule has 110 valence electrons. The third kappa shape index (κ3) is 13.1. The lowest BCUT2D eigenvalue weighted by molar-refractivity contribution is 0.764. The van der Waals surface area contributed by atoms with Crippen molar-refractivity contribution in [2.75, 3.05) is 0 Å². The average Bonchev–Trinajstić information content (AvgIpc) is 2.39. The molecule has 0 bridgehead atoms. The Morgan fingerprint density at radius 1 is 0.611 bits per heavy atom. The molecule has 0 N–H and O–H groups in total. The summed E-state index contributed by atoms with van der Waals surface area (Å²) in [6.45, 7) is 7.04. The molecule has 0 aromatic rings. The minimum atomic E-state index is -0.0729. The monoisotopic (exact) mass is 302 g/mol. The summed E-state index contributed by atoms with van der Waals surface area (Å²) in [6.07, 6.45) is 13.6. The van der Waals surface area contributed by atoms with Crippen LogP contribution in [0.15, 0.2) is 0 Å². The summed E-state index contributed by atoms with van der Waals surface area (Å²) in [7, 11) is 0.814. The number of hydrogen-bond acceptors (Lipinski definition) is 0. The van der Waals surface area contributed by atoms with Crippen LogP contribution in [0, 0.1) is 0 Å². The fraction of sp³-hybridized carbons (Fsp3) is 1.00. The molecule has 0 spiro atoms. The molecule has 0 atom stereocenters. The van der Waals surface area contributed by atoms with Gasteiger partial charge in [0.1, 0.15) is 0 Å². The van der Waals surface area contributed by atoms with Gasteiger partial charge in [-0.25, -0.2) is 0 Å². The van der Waals surface area contributed by atoms with Crippen molar-refractivity contribution < 1.29 is 0 Å². The first kappa shape index (κ1) is 18.7. The van der Waals surface area contributed by atoms with Crippen molar-refractivity contribution in [1.82, 2.24) is 0 Å². The van der Waals surface area contributed by atoms with Crippen LogP contribution < -0.4 is 0 Å². The summed E-state index contributed by atoms with van der Waals surface area (Å²) < 4.78 is 0. The first-order valence-corrected chi connectivity index (χ1v) is 18.2. The van der Waals surface area contributed by atoms with Gasteiger partial charge >= 0.3 is 0 Å². The highest BCUT2D eigenvalue weighted by Gasteiger charge is 2.10. The fourth-order valence-corrected chi connectivity index (χ4v) is 24.3.